The Morgan fingerprint density at radius 3 is 2.06 bits per heavy atom. The number of hydrogen-bond donors (Lipinski definition) is 0. The van der Waals surface area contributed by atoms with Crippen molar-refractivity contribution in [3.05, 3.63) is 97.9 Å². The smallest absolute Gasteiger partial charge is 0.241 e. The molecule has 2 aliphatic heterocycles. The summed E-state index contributed by atoms with van der Waals surface area (Å²) in [5.74, 6) is -5.01. The number of Topliss-reactive ketones (excluding diaryl/α,β-unsaturated/α-hetero) is 2. The summed E-state index contributed by atoms with van der Waals surface area (Å²) in [6, 6.07) is 17.8. The molecule has 35 heavy (non-hydrogen) atoms. The molecule has 3 aromatic rings. The highest BCUT2D eigenvalue weighted by molar-refractivity contribution is 9.10. The number of halogens is 3. The summed E-state index contributed by atoms with van der Waals surface area (Å²) < 4.78 is 7.00. The molecule has 6 rings (SSSR count). The fourth-order valence-corrected chi connectivity index (χ4v) is 6.06. The van der Waals surface area contributed by atoms with Crippen LogP contribution in [0, 0.1) is 11.8 Å². The van der Waals surface area contributed by atoms with Gasteiger partial charge in [0.05, 0.1) is 33.7 Å². The van der Waals surface area contributed by atoms with E-state index in [1.807, 2.05) is 0 Å². The van der Waals surface area contributed by atoms with Gasteiger partial charge in [-0.05, 0) is 30.3 Å². The van der Waals surface area contributed by atoms with E-state index in [1.165, 1.54) is 12.1 Å². The molecule has 3 aliphatic rings. The molecule has 174 valence electrons. The Morgan fingerprint density at radius 1 is 0.800 bits per heavy atom. The normalized spacial score (nSPS) is 24.4. The monoisotopic (exact) mass is 569 g/mol. The number of fused-ring (bicyclic) bond motifs is 3. The molecule has 0 radical (unpaired) electrons. The van der Waals surface area contributed by atoms with Crippen molar-refractivity contribution in [1.29, 1.82) is 0 Å². The zero-order chi connectivity index (χ0) is 24.6. The maximum absolute atomic E-state index is 13.9. The molecule has 3 atom stereocenters. The zero-order valence-electron chi connectivity index (χ0n) is 17.7. The van der Waals surface area contributed by atoms with Crippen LogP contribution in [0.25, 0.3) is 0 Å². The number of ketones is 2. The molecule has 0 unspecified atom stereocenters. The highest BCUT2D eigenvalue weighted by Gasteiger charge is 2.74. The number of carbonyl (C=O) groups is 4. The summed E-state index contributed by atoms with van der Waals surface area (Å²) in [5, 5.41) is 0.354. The highest BCUT2D eigenvalue weighted by atomic mass is 79.9. The molecule has 0 N–H and O–H groups in total. The van der Waals surface area contributed by atoms with Gasteiger partial charge in [-0.1, -0.05) is 75.5 Å². The van der Waals surface area contributed by atoms with Crippen LogP contribution in [0.4, 0.5) is 5.69 Å². The lowest BCUT2D eigenvalue weighted by molar-refractivity contribution is -0.127. The van der Waals surface area contributed by atoms with Crippen molar-refractivity contribution in [2.75, 3.05) is 4.90 Å². The van der Waals surface area contributed by atoms with E-state index >= 15 is 0 Å². The number of imide groups is 1. The Labute approximate surface area is 217 Å². The minimum absolute atomic E-state index is 0.132. The number of benzene rings is 3. The van der Waals surface area contributed by atoms with Crippen LogP contribution in [-0.2, 0) is 14.3 Å². The largest absolute Gasteiger partial charge is 0.349 e. The maximum atomic E-state index is 13.9. The molecule has 0 saturated carbocycles. The van der Waals surface area contributed by atoms with Gasteiger partial charge in [0.25, 0.3) is 0 Å². The van der Waals surface area contributed by atoms with E-state index in [0.717, 1.165) is 9.37 Å². The van der Waals surface area contributed by atoms with E-state index in [4.69, 9.17) is 27.9 Å². The molecule has 1 aliphatic carbocycles. The van der Waals surface area contributed by atoms with E-state index in [2.05, 4.69) is 15.9 Å². The molecule has 9 heteroatoms. The predicted octanol–water partition coefficient (Wildman–Crippen LogP) is 5.45. The average Bonchev–Trinajstić information content (AvgIpc) is 3.42. The lowest BCUT2D eigenvalue weighted by Crippen LogP contribution is -2.51. The zero-order valence-corrected chi connectivity index (χ0v) is 20.8. The van der Waals surface area contributed by atoms with Crippen molar-refractivity contribution in [2.45, 2.75) is 11.7 Å². The van der Waals surface area contributed by atoms with Crippen LogP contribution in [0.2, 0.25) is 10.0 Å². The minimum Gasteiger partial charge on any atom is -0.349 e. The van der Waals surface area contributed by atoms with Gasteiger partial charge >= 0.3 is 0 Å². The number of anilines is 1. The van der Waals surface area contributed by atoms with Crippen LogP contribution < -0.4 is 4.90 Å². The molecule has 6 nitrogen and oxygen atoms in total. The number of hydrogen-bond acceptors (Lipinski definition) is 5. The highest BCUT2D eigenvalue weighted by Crippen LogP contribution is 2.58. The van der Waals surface area contributed by atoms with Crippen LogP contribution >= 0.6 is 39.1 Å². The number of ether oxygens (including phenoxy) is 1. The average molecular weight is 571 g/mol. The first-order valence-corrected chi connectivity index (χ1v) is 12.3. The van der Waals surface area contributed by atoms with Crippen LogP contribution in [0.3, 0.4) is 0 Å². The first-order chi connectivity index (χ1) is 16.8. The second kappa shape index (κ2) is 7.83. The summed E-state index contributed by atoms with van der Waals surface area (Å²) in [6.45, 7) is 0. The third kappa shape index (κ3) is 2.93. The predicted molar refractivity (Wildman–Crippen MR) is 132 cm³/mol. The van der Waals surface area contributed by atoms with Crippen LogP contribution in [0.15, 0.2) is 71.2 Å². The van der Waals surface area contributed by atoms with Crippen molar-refractivity contribution >= 4 is 68.2 Å². The minimum atomic E-state index is -2.17. The summed E-state index contributed by atoms with van der Waals surface area (Å²) in [5.41, 5.74) is -1.17. The van der Waals surface area contributed by atoms with Crippen LogP contribution in [0.5, 0.6) is 0 Å². The van der Waals surface area contributed by atoms with Gasteiger partial charge in [-0.15, -0.1) is 0 Å². The van der Waals surface area contributed by atoms with Crippen molar-refractivity contribution < 1.29 is 23.9 Å². The molecule has 0 aromatic heterocycles. The molecule has 2 heterocycles. The van der Waals surface area contributed by atoms with E-state index < -0.39 is 46.9 Å². The fourth-order valence-electron chi connectivity index (χ4n) is 5.38. The molecule has 1 spiro atoms. The number of nitrogens with zero attached hydrogens (tertiary/aromatic N) is 1. The second-order valence-corrected chi connectivity index (χ2v) is 10.3. The van der Waals surface area contributed by atoms with E-state index in [0.29, 0.717) is 11.3 Å². The number of carbonyl (C=O) groups excluding carboxylic acids is 4. The topological polar surface area (TPSA) is 80.8 Å². The summed E-state index contributed by atoms with van der Waals surface area (Å²) in [7, 11) is 0. The van der Waals surface area contributed by atoms with Crippen molar-refractivity contribution in [3.8, 4) is 0 Å². The van der Waals surface area contributed by atoms with E-state index in [-0.39, 0.29) is 21.2 Å². The van der Waals surface area contributed by atoms with Gasteiger partial charge in [0.1, 0.15) is 0 Å². The Hall–Kier alpha value is -2.84. The quantitative estimate of drug-likeness (QED) is 0.302. The van der Waals surface area contributed by atoms with Crippen molar-refractivity contribution in [3.63, 3.8) is 0 Å². The van der Waals surface area contributed by atoms with Gasteiger partial charge in [0.2, 0.25) is 29.0 Å². The first-order valence-electron chi connectivity index (χ1n) is 10.7. The Balaban J connectivity index is 1.57. The lowest BCUT2D eigenvalue weighted by Gasteiger charge is -2.27. The second-order valence-electron chi connectivity index (χ2n) is 8.61. The summed E-state index contributed by atoms with van der Waals surface area (Å²) in [4.78, 5) is 56.2. The SMILES string of the molecule is O=C1[C@@H]2[C@@H](c3cccc(Cl)c3Cl)OC3(C(=O)c4ccccc4C3=O)[C@H]2C(=O)N1c1ccc(Br)cc1. The van der Waals surface area contributed by atoms with Gasteiger partial charge in [-0.2, -0.15) is 0 Å². The third-order valence-corrected chi connectivity index (χ3v) is 8.25. The van der Waals surface area contributed by atoms with E-state index in [9.17, 15) is 19.2 Å². The van der Waals surface area contributed by atoms with Crippen LogP contribution in [0.1, 0.15) is 32.4 Å². The maximum Gasteiger partial charge on any atom is 0.241 e. The van der Waals surface area contributed by atoms with Crippen molar-refractivity contribution in [2.24, 2.45) is 11.8 Å². The molecule has 2 saturated heterocycles. The number of rotatable bonds is 2. The standard InChI is InChI=1S/C26H14BrCl2NO5/c27-12-8-10-13(11-9-12)30-24(33)18-19(25(30)34)26(22(31)14-4-1-2-5-15(14)23(26)32)35-21(18)16-6-3-7-17(28)20(16)29/h1-11,18-19,21H/t18-,19+,21+/m0/s1. The lowest BCUT2D eigenvalue weighted by atomic mass is 9.77. The first kappa shape index (κ1) is 22.6. The molecular formula is C26H14BrCl2NO5. The number of amides is 2. The van der Waals surface area contributed by atoms with Gasteiger partial charge in [-0.3, -0.25) is 19.2 Å². The molecule has 3 aromatic carbocycles. The summed E-state index contributed by atoms with van der Waals surface area (Å²) >= 11 is 16.1. The molecule has 0 bridgehead atoms. The Bertz CT molecular complexity index is 1440. The molecule has 2 amide bonds. The van der Waals surface area contributed by atoms with E-state index in [1.54, 1.807) is 54.6 Å². The van der Waals surface area contributed by atoms with Gasteiger partial charge in [0.15, 0.2) is 0 Å². The van der Waals surface area contributed by atoms with Gasteiger partial charge in [0, 0.05) is 21.2 Å². The Kier molecular flexibility index (Phi) is 5.06. The fraction of sp³-hybridized carbons (Fsp3) is 0.154. The molecule has 2 fully saturated rings. The third-order valence-electron chi connectivity index (χ3n) is 6.89. The van der Waals surface area contributed by atoms with Crippen molar-refractivity contribution in [1.82, 2.24) is 0 Å². The van der Waals surface area contributed by atoms with Gasteiger partial charge in [-0.25, -0.2) is 4.90 Å². The van der Waals surface area contributed by atoms with Gasteiger partial charge < -0.3 is 4.74 Å². The summed E-state index contributed by atoms with van der Waals surface area (Å²) in [6.07, 6.45) is -1.13. The molecular weight excluding hydrogens is 557 g/mol. The Morgan fingerprint density at radius 2 is 1.43 bits per heavy atom. The van der Waals surface area contributed by atoms with Crippen LogP contribution in [-0.4, -0.2) is 29.0 Å².